The van der Waals surface area contributed by atoms with Gasteiger partial charge in [0, 0.05) is 18.1 Å². The average molecular weight is 513 g/mol. The Balaban J connectivity index is 1.88. The van der Waals surface area contributed by atoms with Gasteiger partial charge in [-0.3, -0.25) is 9.63 Å². The second-order valence-corrected chi connectivity index (χ2v) is 16.1. The predicted octanol–water partition coefficient (Wildman–Crippen LogP) is 7.12. The molecule has 2 aliphatic heterocycles. The zero-order valence-electron chi connectivity index (χ0n) is 21.5. The molecule has 4 rings (SSSR count). The summed E-state index contributed by atoms with van der Waals surface area (Å²) in [6.07, 6.45) is 3.22. The van der Waals surface area contributed by atoms with E-state index in [0.29, 0.717) is 16.4 Å². The van der Waals surface area contributed by atoms with Crippen molar-refractivity contribution >= 4 is 31.5 Å². The van der Waals surface area contributed by atoms with Crippen molar-refractivity contribution in [1.29, 1.82) is 0 Å². The van der Waals surface area contributed by atoms with Gasteiger partial charge in [0.2, 0.25) is 8.32 Å². The van der Waals surface area contributed by atoms with Crippen LogP contribution >= 0.6 is 11.6 Å². The zero-order chi connectivity index (χ0) is 25.2. The van der Waals surface area contributed by atoms with Crippen molar-refractivity contribution in [2.75, 3.05) is 24.8 Å². The highest BCUT2D eigenvalue weighted by molar-refractivity contribution is 6.74. The van der Waals surface area contributed by atoms with Crippen LogP contribution in [0.25, 0.3) is 0 Å². The Bertz CT molecular complexity index is 1060. The van der Waals surface area contributed by atoms with E-state index in [4.69, 9.17) is 20.9 Å². The number of hydroxylamine groups is 1. The number of likely N-dealkylation sites (tertiary alicyclic amines) is 1. The SMILES string of the molecule is CC(C)(C)[Si](C)(C)OC1=C(C(=O)N2CCCCC2)C(c2ccc(Cl)cc2)N(c2ccccc2)OC1. The fourth-order valence-corrected chi connectivity index (χ4v) is 5.56. The molecule has 0 aliphatic carbocycles. The van der Waals surface area contributed by atoms with Crippen molar-refractivity contribution in [3.8, 4) is 0 Å². The number of para-hydroxylation sites is 1. The van der Waals surface area contributed by atoms with Crippen molar-refractivity contribution < 1.29 is 14.1 Å². The normalized spacial score (nSPS) is 19.7. The molecule has 0 N–H and O–H groups in total. The first-order chi connectivity index (χ1) is 16.6. The molecule has 2 aromatic rings. The van der Waals surface area contributed by atoms with Crippen molar-refractivity contribution in [3.63, 3.8) is 0 Å². The minimum absolute atomic E-state index is 0.00832. The molecule has 188 valence electrons. The second-order valence-electron chi connectivity index (χ2n) is 10.9. The number of rotatable bonds is 5. The van der Waals surface area contributed by atoms with Gasteiger partial charge >= 0.3 is 0 Å². The lowest BCUT2D eigenvalue weighted by Crippen LogP contribution is -2.47. The Labute approximate surface area is 215 Å². The largest absolute Gasteiger partial charge is 0.544 e. The minimum Gasteiger partial charge on any atom is -0.544 e. The lowest BCUT2D eigenvalue weighted by Gasteiger charge is -2.44. The second kappa shape index (κ2) is 10.4. The molecule has 0 radical (unpaired) electrons. The topological polar surface area (TPSA) is 42.0 Å². The van der Waals surface area contributed by atoms with Crippen molar-refractivity contribution in [3.05, 3.63) is 76.5 Å². The highest BCUT2D eigenvalue weighted by atomic mass is 35.5. The van der Waals surface area contributed by atoms with Gasteiger partial charge in [0.1, 0.15) is 18.4 Å². The smallest absolute Gasteiger partial charge is 0.255 e. The quantitative estimate of drug-likeness (QED) is 0.400. The summed E-state index contributed by atoms with van der Waals surface area (Å²) >= 11 is 6.24. The molecule has 0 saturated carbocycles. The van der Waals surface area contributed by atoms with Gasteiger partial charge in [-0.05, 0) is 67.2 Å². The average Bonchev–Trinajstić information content (AvgIpc) is 2.84. The molecule has 35 heavy (non-hydrogen) atoms. The van der Waals surface area contributed by atoms with E-state index in [9.17, 15) is 4.79 Å². The number of anilines is 1. The highest BCUT2D eigenvalue weighted by Gasteiger charge is 2.44. The third-order valence-corrected chi connectivity index (χ3v) is 12.0. The van der Waals surface area contributed by atoms with Gasteiger partial charge in [-0.25, -0.2) is 5.06 Å². The van der Waals surface area contributed by atoms with Gasteiger partial charge < -0.3 is 9.33 Å². The van der Waals surface area contributed by atoms with Crippen LogP contribution in [0.3, 0.4) is 0 Å². The molecular weight excluding hydrogens is 476 g/mol. The Kier molecular flexibility index (Phi) is 7.64. The van der Waals surface area contributed by atoms with Crippen LogP contribution in [0.15, 0.2) is 65.9 Å². The van der Waals surface area contributed by atoms with Crippen LogP contribution in [-0.4, -0.2) is 38.8 Å². The molecule has 0 spiro atoms. The zero-order valence-corrected chi connectivity index (χ0v) is 23.3. The van der Waals surface area contributed by atoms with E-state index < -0.39 is 14.4 Å². The number of carbonyl (C=O) groups is 1. The molecule has 5 nitrogen and oxygen atoms in total. The molecule has 1 fully saturated rings. The number of amides is 1. The number of hydrogen-bond donors (Lipinski definition) is 0. The molecule has 1 saturated heterocycles. The number of halogens is 1. The van der Waals surface area contributed by atoms with E-state index in [1.807, 2.05) is 64.6 Å². The van der Waals surface area contributed by atoms with Gasteiger partial charge in [-0.2, -0.15) is 0 Å². The predicted molar refractivity (Wildman–Crippen MR) is 145 cm³/mol. The van der Waals surface area contributed by atoms with Crippen molar-refractivity contribution in [2.24, 2.45) is 0 Å². The van der Waals surface area contributed by atoms with Crippen molar-refractivity contribution in [2.45, 2.75) is 64.2 Å². The molecule has 1 atom stereocenters. The maximum atomic E-state index is 14.2. The van der Waals surface area contributed by atoms with Crippen LogP contribution in [0, 0.1) is 0 Å². The summed E-state index contributed by atoms with van der Waals surface area (Å²) < 4.78 is 6.82. The van der Waals surface area contributed by atoms with E-state index in [0.717, 1.165) is 43.6 Å². The summed E-state index contributed by atoms with van der Waals surface area (Å²) in [6, 6.07) is 17.2. The van der Waals surface area contributed by atoms with E-state index in [-0.39, 0.29) is 17.6 Å². The minimum atomic E-state index is -2.22. The fraction of sp³-hybridized carbons (Fsp3) is 0.464. The maximum absolute atomic E-state index is 14.2. The van der Waals surface area contributed by atoms with Gasteiger partial charge in [0.25, 0.3) is 5.91 Å². The first-order valence-electron chi connectivity index (χ1n) is 12.5. The lowest BCUT2D eigenvalue weighted by atomic mass is 9.94. The van der Waals surface area contributed by atoms with Gasteiger partial charge in [0.15, 0.2) is 0 Å². The van der Waals surface area contributed by atoms with E-state index in [1.165, 1.54) is 0 Å². The third kappa shape index (κ3) is 5.60. The van der Waals surface area contributed by atoms with E-state index >= 15 is 0 Å². The van der Waals surface area contributed by atoms with Crippen LogP contribution in [0.4, 0.5) is 5.69 Å². The molecule has 2 aromatic carbocycles. The molecular formula is C28H37ClN2O3Si. The molecule has 7 heteroatoms. The van der Waals surface area contributed by atoms with E-state index in [2.05, 4.69) is 33.9 Å². The lowest BCUT2D eigenvalue weighted by molar-refractivity contribution is -0.129. The summed E-state index contributed by atoms with van der Waals surface area (Å²) in [5.74, 6) is 0.710. The molecule has 0 bridgehead atoms. The summed E-state index contributed by atoms with van der Waals surface area (Å²) in [5, 5.41) is 2.51. The monoisotopic (exact) mass is 512 g/mol. The van der Waals surface area contributed by atoms with Gasteiger partial charge in [0.05, 0.1) is 11.3 Å². The first kappa shape index (κ1) is 25.8. The highest BCUT2D eigenvalue weighted by Crippen LogP contribution is 2.44. The third-order valence-electron chi connectivity index (χ3n) is 7.40. The molecule has 1 unspecified atom stereocenters. The Morgan fingerprint density at radius 1 is 1.00 bits per heavy atom. The Hall–Kier alpha value is -2.28. The van der Waals surface area contributed by atoms with Gasteiger partial charge in [-0.15, -0.1) is 0 Å². The van der Waals surface area contributed by atoms with Crippen molar-refractivity contribution in [1.82, 2.24) is 4.90 Å². The van der Waals surface area contributed by atoms with E-state index in [1.54, 1.807) is 0 Å². The maximum Gasteiger partial charge on any atom is 0.255 e. The number of hydrogen-bond acceptors (Lipinski definition) is 4. The molecule has 2 aliphatic rings. The first-order valence-corrected chi connectivity index (χ1v) is 15.8. The summed E-state index contributed by atoms with van der Waals surface area (Å²) in [5.41, 5.74) is 2.51. The summed E-state index contributed by atoms with van der Waals surface area (Å²) in [4.78, 5) is 22.6. The fourth-order valence-electron chi connectivity index (χ4n) is 4.34. The number of nitrogens with zero attached hydrogens (tertiary/aromatic N) is 2. The standard InChI is InChI=1S/C28H37ClN2O3Si/c1-28(2,3)35(4,5)34-24-20-33-31(23-12-8-6-9-13-23)26(21-14-16-22(29)17-15-21)25(24)27(32)30-18-10-7-11-19-30/h6,8-9,12-17,26H,7,10-11,18-20H2,1-5H3. The Morgan fingerprint density at radius 3 is 2.23 bits per heavy atom. The Morgan fingerprint density at radius 2 is 1.63 bits per heavy atom. The molecule has 0 aromatic heterocycles. The van der Waals surface area contributed by atoms with Gasteiger partial charge in [-0.1, -0.05) is 62.7 Å². The number of piperidine rings is 1. The summed E-state index contributed by atoms with van der Waals surface area (Å²) in [6.45, 7) is 12.8. The van der Waals surface area contributed by atoms with Crippen LogP contribution in [0.2, 0.25) is 23.2 Å². The number of carbonyl (C=O) groups excluding carboxylic acids is 1. The van der Waals surface area contributed by atoms with Crippen LogP contribution < -0.4 is 5.06 Å². The summed E-state index contributed by atoms with van der Waals surface area (Å²) in [7, 11) is -2.22. The van der Waals surface area contributed by atoms with Crippen LogP contribution in [-0.2, 0) is 14.1 Å². The van der Waals surface area contributed by atoms with Crippen LogP contribution in [0.5, 0.6) is 0 Å². The molecule has 2 heterocycles. The molecule has 1 amide bonds. The van der Waals surface area contributed by atoms with Crippen LogP contribution in [0.1, 0.15) is 51.6 Å². The number of benzene rings is 2.